The van der Waals surface area contributed by atoms with Gasteiger partial charge in [-0.05, 0) is 90.4 Å². The van der Waals surface area contributed by atoms with E-state index < -0.39 is 0 Å². The Morgan fingerprint density at radius 3 is 2.62 bits per heavy atom. The van der Waals surface area contributed by atoms with Crippen LogP contribution >= 0.6 is 50.3 Å². The largest absolute Gasteiger partial charge is 0.487 e. The normalized spacial score (nSPS) is 15.6. The lowest BCUT2D eigenvalue weighted by molar-refractivity contribution is -0.121. The van der Waals surface area contributed by atoms with Gasteiger partial charge in [0.05, 0.1) is 12.9 Å². The van der Waals surface area contributed by atoms with Crippen molar-refractivity contribution in [1.29, 1.82) is 0 Å². The number of thioether (sulfide) groups is 1. The van der Waals surface area contributed by atoms with Gasteiger partial charge in [0.25, 0.3) is 11.1 Å². The minimum Gasteiger partial charge on any atom is -0.487 e. The lowest BCUT2D eigenvalue weighted by atomic mass is 10.1. The number of rotatable bonds is 4. The van der Waals surface area contributed by atoms with Crippen LogP contribution in [0.3, 0.4) is 0 Å². The van der Waals surface area contributed by atoms with Crippen molar-refractivity contribution >= 4 is 78.3 Å². The van der Waals surface area contributed by atoms with Crippen LogP contribution < -0.4 is 4.74 Å². The predicted molar refractivity (Wildman–Crippen MR) is 129 cm³/mol. The van der Waals surface area contributed by atoms with Gasteiger partial charge in [0.15, 0.2) is 0 Å². The zero-order valence-electron chi connectivity index (χ0n) is 15.3. The second-order valence-corrected chi connectivity index (χ2v) is 9.49. The molecule has 0 atom stereocenters. The Hall–Kier alpha value is -1.84. The lowest BCUT2D eigenvalue weighted by Crippen LogP contribution is -2.22. The number of imide groups is 1. The highest BCUT2D eigenvalue weighted by atomic mass is 127. The van der Waals surface area contributed by atoms with Gasteiger partial charge in [-0.15, -0.1) is 0 Å². The number of ether oxygens (including phenoxy) is 1. The maximum Gasteiger partial charge on any atom is 0.293 e. The highest BCUT2D eigenvalue weighted by molar-refractivity contribution is 14.1. The number of likely N-dealkylation sites (N-methyl/N-ethyl adjacent to an activating group) is 1. The number of carbonyl (C=O) groups excluding carboxylic acids is 2. The quantitative estimate of drug-likeness (QED) is 0.263. The second-order valence-electron chi connectivity index (χ2n) is 6.48. The van der Waals surface area contributed by atoms with Gasteiger partial charge in [0.1, 0.15) is 12.4 Å². The van der Waals surface area contributed by atoms with Crippen LogP contribution in [-0.2, 0) is 11.4 Å². The summed E-state index contributed by atoms with van der Waals surface area (Å²) in [5.74, 6) is 0.474. The molecule has 0 spiro atoms. The molecular weight excluding hydrogens is 565 g/mol. The first-order chi connectivity index (χ1) is 13.9. The van der Waals surface area contributed by atoms with Gasteiger partial charge < -0.3 is 4.74 Å². The maximum absolute atomic E-state index is 12.1. The van der Waals surface area contributed by atoms with Gasteiger partial charge in [-0.2, -0.15) is 0 Å². The summed E-state index contributed by atoms with van der Waals surface area (Å²) >= 11 is 6.75. The van der Waals surface area contributed by atoms with Crippen molar-refractivity contribution in [3.63, 3.8) is 0 Å². The van der Waals surface area contributed by atoms with E-state index in [4.69, 9.17) is 4.74 Å². The third-order valence-corrected chi connectivity index (χ3v) is 6.91. The summed E-state index contributed by atoms with van der Waals surface area (Å²) in [4.78, 5) is 25.3. The van der Waals surface area contributed by atoms with E-state index in [1.165, 1.54) is 17.8 Å². The van der Waals surface area contributed by atoms with Gasteiger partial charge in [-0.1, -0.05) is 42.5 Å². The number of benzene rings is 3. The van der Waals surface area contributed by atoms with Crippen LogP contribution in [0, 0.1) is 3.57 Å². The highest BCUT2D eigenvalue weighted by Gasteiger charge is 2.31. The van der Waals surface area contributed by atoms with Crippen molar-refractivity contribution in [2.75, 3.05) is 7.05 Å². The Kier molecular flexibility index (Phi) is 5.98. The van der Waals surface area contributed by atoms with Gasteiger partial charge in [0.2, 0.25) is 0 Å². The average Bonchev–Trinajstić information content (AvgIpc) is 2.94. The molecule has 3 aromatic carbocycles. The lowest BCUT2D eigenvalue weighted by Gasteiger charge is -2.13. The third kappa shape index (κ3) is 4.22. The summed E-state index contributed by atoms with van der Waals surface area (Å²) in [6, 6.07) is 18.3. The zero-order valence-corrected chi connectivity index (χ0v) is 19.9. The van der Waals surface area contributed by atoms with Crippen molar-refractivity contribution < 1.29 is 14.3 Å². The number of hydrogen-bond acceptors (Lipinski definition) is 4. The molecule has 1 heterocycles. The SMILES string of the molecule is CN1C(=O)S/C(=C\c2cc(Br)c(OCc3cccc4ccccc34)c(I)c2)C1=O. The fourth-order valence-electron chi connectivity index (χ4n) is 3.07. The van der Waals surface area contributed by atoms with Gasteiger partial charge in [-0.3, -0.25) is 14.5 Å². The van der Waals surface area contributed by atoms with Crippen molar-refractivity contribution in [2.45, 2.75) is 6.61 Å². The third-order valence-electron chi connectivity index (χ3n) is 4.56. The van der Waals surface area contributed by atoms with E-state index in [9.17, 15) is 9.59 Å². The van der Waals surface area contributed by atoms with Crippen LogP contribution in [0.25, 0.3) is 16.8 Å². The molecule has 4 nitrogen and oxygen atoms in total. The van der Waals surface area contributed by atoms with Crippen molar-refractivity contribution in [3.05, 3.63) is 78.7 Å². The molecule has 0 aliphatic carbocycles. The monoisotopic (exact) mass is 579 g/mol. The van der Waals surface area contributed by atoms with Crippen LogP contribution in [0.5, 0.6) is 5.75 Å². The molecule has 1 fully saturated rings. The molecule has 1 aliphatic heterocycles. The Bertz CT molecular complexity index is 1150. The molecule has 0 saturated carbocycles. The van der Waals surface area contributed by atoms with Crippen molar-refractivity contribution in [1.82, 2.24) is 4.90 Å². The number of nitrogens with zero attached hydrogens (tertiary/aromatic N) is 1. The standard InChI is InChI=1S/C22H15BrINO3S/c1-25-21(26)19(29-22(25)27)11-13-9-17(23)20(18(24)10-13)28-12-15-7-4-6-14-5-2-3-8-16(14)15/h2-11H,12H2,1H3/b19-11-. The van der Waals surface area contributed by atoms with Crippen LogP contribution in [0.15, 0.2) is 64.0 Å². The molecular formula is C22H15BrINO3S. The van der Waals surface area contributed by atoms with E-state index in [1.54, 1.807) is 6.08 Å². The molecule has 0 radical (unpaired) electrons. The maximum atomic E-state index is 12.1. The van der Waals surface area contributed by atoms with E-state index in [2.05, 4.69) is 62.8 Å². The predicted octanol–water partition coefficient (Wildman–Crippen LogP) is 6.45. The molecule has 146 valence electrons. The molecule has 0 N–H and O–H groups in total. The smallest absolute Gasteiger partial charge is 0.293 e. The Balaban J connectivity index is 1.58. The summed E-state index contributed by atoms with van der Waals surface area (Å²) in [6.45, 7) is 0.448. The molecule has 1 saturated heterocycles. The molecule has 29 heavy (non-hydrogen) atoms. The van der Waals surface area contributed by atoms with Crippen molar-refractivity contribution in [2.24, 2.45) is 0 Å². The van der Waals surface area contributed by atoms with E-state index >= 15 is 0 Å². The molecule has 3 aromatic rings. The summed E-state index contributed by atoms with van der Waals surface area (Å²) < 4.78 is 7.85. The molecule has 7 heteroatoms. The van der Waals surface area contributed by atoms with Gasteiger partial charge in [-0.25, -0.2) is 0 Å². The molecule has 0 bridgehead atoms. The number of amides is 2. The van der Waals surface area contributed by atoms with Crippen LogP contribution in [0.4, 0.5) is 4.79 Å². The summed E-state index contributed by atoms with van der Waals surface area (Å²) in [7, 11) is 1.49. The van der Waals surface area contributed by atoms with Gasteiger partial charge in [0, 0.05) is 7.05 Å². The molecule has 2 amide bonds. The Labute approximate surface area is 194 Å². The number of carbonyl (C=O) groups is 2. The molecule has 0 aromatic heterocycles. The van der Waals surface area contributed by atoms with E-state index in [0.717, 1.165) is 41.6 Å². The zero-order chi connectivity index (χ0) is 20.5. The first kappa shape index (κ1) is 20.4. The Morgan fingerprint density at radius 2 is 1.90 bits per heavy atom. The average molecular weight is 580 g/mol. The Morgan fingerprint density at radius 1 is 1.14 bits per heavy atom. The van der Waals surface area contributed by atoms with E-state index in [0.29, 0.717) is 11.5 Å². The fraction of sp³-hybridized carbons (Fsp3) is 0.0909. The summed E-state index contributed by atoms with van der Waals surface area (Å²) in [6.07, 6.45) is 1.73. The molecule has 1 aliphatic rings. The molecule has 0 unspecified atom stereocenters. The number of halogens is 2. The minimum absolute atomic E-state index is 0.259. The van der Waals surface area contributed by atoms with Crippen molar-refractivity contribution in [3.8, 4) is 5.75 Å². The highest BCUT2D eigenvalue weighted by Crippen LogP contribution is 2.36. The topological polar surface area (TPSA) is 46.6 Å². The minimum atomic E-state index is -0.276. The summed E-state index contributed by atoms with van der Waals surface area (Å²) in [5.41, 5.74) is 1.95. The number of hydrogen-bond donors (Lipinski definition) is 0. The van der Waals surface area contributed by atoms with Crippen LogP contribution in [0.1, 0.15) is 11.1 Å². The fourth-order valence-corrected chi connectivity index (χ4v) is 5.66. The van der Waals surface area contributed by atoms with Crippen LogP contribution in [-0.4, -0.2) is 23.1 Å². The summed E-state index contributed by atoms with van der Waals surface area (Å²) in [5, 5.41) is 2.10. The first-order valence-electron chi connectivity index (χ1n) is 8.74. The number of fused-ring (bicyclic) bond motifs is 1. The van der Waals surface area contributed by atoms with Gasteiger partial charge >= 0.3 is 0 Å². The second kappa shape index (κ2) is 8.49. The van der Waals surface area contributed by atoms with E-state index in [-0.39, 0.29) is 11.1 Å². The van der Waals surface area contributed by atoms with Crippen LogP contribution in [0.2, 0.25) is 0 Å². The van der Waals surface area contributed by atoms with E-state index in [1.807, 2.05) is 30.3 Å². The molecule has 4 rings (SSSR count). The first-order valence-corrected chi connectivity index (χ1v) is 11.4.